The van der Waals surface area contributed by atoms with Crippen molar-refractivity contribution in [2.24, 2.45) is 7.05 Å². The third-order valence-corrected chi connectivity index (χ3v) is 4.66. The second kappa shape index (κ2) is 8.16. The smallest absolute Gasteiger partial charge is 0.258 e. The van der Waals surface area contributed by atoms with Crippen LogP contribution in [-0.4, -0.2) is 37.4 Å². The Morgan fingerprint density at radius 2 is 2.00 bits per heavy atom. The van der Waals surface area contributed by atoms with Gasteiger partial charge in [-0.3, -0.25) is 19.0 Å². The molecule has 1 aliphatic rings. The summed E-state index contributed by atoms with van der Waals surface area (Å²) in [7, 11) is 1.82. The van der Waals surface area contributed by atoms with Gasteiger partial charge in [0.05, 0.1) is 23.1 Å². The number of rotatable bonds is 6. The fourth-order valence-electron chi connectivity index (χ4n) is 3.33. The molecule has 0 radical (unpaired) electrons. The Kier molecular flexibility index (Phi) is 5.70. The molecular formula is C18H26N6O2. The first-order valence-electron chi connectivity index (χ1n) is 9.21. The Balaban J connectivity index is 1.56. The van der Waals surface area contributed by atoms with E-state index >= 15 is 0 Å². The second-order valence-corrected chi connectivity index (χ2v) is 6.80. The van der Waals surface area contributed by atoms with Gasteiger partial charge >= 0.3 is 0 Å². The molecule has 0 atom stereocenters. The van der Waals surface area contributed by atoms with Crippen molar-refractivity contribution in [1.29, 1.82) is 0 Å². The summed E-state index contributed by atoms with van der Waals surface area (Å²) in [6, 6.07) is 0.271. The van der Waals surface area contributed by atoms with Gasteiger partial charge < -0.3 is 10.6 Å². The van der Waals surface area contributed by atoms with Crippen LogP contribution in [0.2, 0.25) is 0 Å². The van der Waals surface area contributed by atoms with Crippen LogP contribution in [0.5, 0.6) is 0 Å². The Labute approximate surface area is 152 Å². The predicted molar refractivity (Wildman–Crippen MR) is 97.8 cm³/mol. The maximum absolute atomic E-state index is 12.4. The number of nitrogens with one attached hydrogen (secondary N) is 2. The van der Waals surface area contributed by atoms with Gasteiger partial charge in [-0.2, -0.15) is 10.2 Å². The van der Waals surface area contributed by atoms with Crippen molar-refractivity contribution in [3.05, 3.63) is 29.8 Å². The Bertz CT molecular complexity index is 772. The third-order valence-electron chi connectivity index (χ3n) is 4.66. The van der Waals surface area contributed by atoms with E-state index < -0.39 is 0 Å². The number of aryl methyl sites for hydroxylation is 2. The highest BCUT2D eigenvalue weighted by Gasteiger charge is 2.17. The Hall–Kier alpha value is -2.64. The number of hydrogen-bond donors (Lipinski definition) is 2. The fourth-order valence-corrected chi connectivity index (χ4v) is 3.33. The van der Waals surface area contributed by atoms with Crippen molar-refractivity contribution < 1.29 is 9.59 Å². The molecule has 8 nitrogen and oxygen atoms in total. The topological polar surface area (TPSA) is 93.8 Å². The van der Waals surface area contributed by atoms with Crippen molar-refractivity contribution in [2.75, 3.05) is 5.32 Å². The van der Waals surface area contributed by atoms with Crippen LogP contribution in [0.1, 0.15) is 55.1 Å². The number of hydrogen-bond acceptors (Lipinski definition) is 4. The van der Waals surface area contributed by atoms with Gasteiger partial charge in [-0.15, -0.1) is 0 Å². The maximum atomic E-state index is 12.4. The lowest BCUT2D eigenvalue weighted by atomic mass is 9.95. The van der Waals surface area contributed by atoms with Gasteiger partial charge in [-0.1, -0.05) is 26.2 Å². The van der Waals surface area contributed by atoms with E-state index in [1.54, 1.807) is 17.1 Å². The summed E-state index contributed by atoms with van der Waals surface area (Å²) >= 11 is 0. The van der Waals surface area contributed by atoms with Crippen LogP contribution < -0.4 is 10.6 Å². The zero-order chi connectivity index (χ0) is 18.5. The number of anilines is 1. The number of carbonyl (C=O) groups is 2. The van der Waals surface area contributed by atoms with Gasteiger partial charge in [0.1, 0.15) is 6.54 Å². The lowest BCUT2D eigenvalue weighted by molar-refractivity contribution is -0.122. The van der Waals surface area contributed by atoms with Crippen LogP contribution in [0.25, 0.3) is 0 Å². The molecule has 1 fully saturated rings. The zero-order valence-corrected chi connectivity index (χ0v) is 15.4. The highest BCUT2D eigenvalue weighted by atomic mass is 16.2. The van der Waals surface area contributed by atoms with E-state index in [0.29, 0.717) is 11.3 Å². The van der Waals surface area contributed by atoms with Gasteiger partial charge in [0, 0.05) is 25.5 Å². The lowest BCUT2D eigenvalue weighted by Crippen LogP contribution is -2.38. The molecule has 1 saturated carbocycles. The maximum Gasteiger partial charge on any atom is 0.258 e. The fraction of sp³-hybridized carbons (Fsp3) is 0.556. The first-order valence-corrected chi connectivity index (χ1v) is 9.21. The molecule has 2 heterocycles. The largest absolute Gasteiger partial charge is 0.352 e. The molecular weight excluding hydrogens is 332 g/mol. The predicted octanol–water partition coefficient (Wildman–Crippen LogP) is 1.88. The SMILES string of the molecule is CCc1nn(C)cc1NC(=O)c1cnn(CC(=O)NC2CCCCC2)c1. The molecule has 3 rings (SSSR count). The van der Waals surface area contributed by atoms with E-state index in [1.807, 2.05) is 14.0 Å². The van der Waals surface area contributed by atoms with Crippen LogP contribution >= 0.6 is 0 Å². The van der Waals surface area contributed by atoms with E-state index in [9.17, 15) is 9.59 Å². The van der Waals surface area contributed by atoms with Crippen LogP contribution in [0, 0.1) is 0 Å². The van der Waals surface area contributed by atoms with Gasteiger partial charge in [-0.25, -0.2) is 0 Å². The first-order chi connectivity index (χ1) is 12.5. The van der Waals surface area contributed by atoms with Crippen LogP contribution in [-0.2, 0) is 24.8 Å². The van der Waals surface area contributed by atoms with E-state index in [2.05, 4.69) is 20.8 Å². The summed E-state index contributed by atoms with van der Waals surface area (Å²) in [5.41, 5.74) is 1.95. The van der Waals surface area contributed by atoms with E-state index in [4.69, 9.17) is 0 Å². The molecule has 2 aromatic heterocycles. The minimum Gasteiger partial charge on any atom is -0.352 e. The highest BCUT2D eigenvalue weighted by molar-refractivity contribution is 6.04. The van der Waals surface area contributed by atoms with Crippen molar-refractivity contribution >= 4 is 17.5 Å². The molecule has 140 valence electrons. The molecule has 0 bridgehead atoms. The summed E-state index contributed by atoms with van der Waals surface area (Å²) in [5.74, 6) is -0.320. The molecule has 2 N–H and O–H groups in total. The van der Waals surface area contributed by atoms with Gasteiger partial charge in [0.25, 0.3) is 5.91 Å². The van der Waals surface area contributed by atoms with Crippen LogP contribution in [0.3, 0.4) is 0 Å². The average molecular weight is 358 g/mol. The number of aromatic nitrogens is 4. The lowest BCUT2D eigenvalue weighted by Gasteiger charge is -2.22. The summed E-state index contributed by atoms with van der Waals surface area (Å²) < 4.78 is 3.17. The first kappa shape index (κ1) is 18.2. The summed E-state index contributed by atoms with van der Waals surface area (Å²) in [5, 5.41) is 14.3. The van der Waals surface area contributed by atoms with Crippen molar-refractivity contribution in [3.63, 3.8) is 0 Å². The second-order valence-electron chi connectivity index (χ2n) is 6.80. The average Bonchev–Trinajstić information content (AvgIpc) is 3.22. The van der Waals surface area contributed by atoms with E-state index in [-0.39, 0.29) is 24.4 Å². The molecule has 0 aromatic carbocycles. The van der Waals surface area contributed by atoms with Crippen LogP contribution in [0.4, 0.5) is 5.69 Å². The van der Waals surface area contributed by atoms with E-state index in [1.165, 1.54) is 30.1 Å². The minimum atomic E-state index is -0.258. The van der Waals surface area contributed by atoms with Crippen LogP contribution in [0.15, 0.2) is 18.6 Å². The van der Waals surface area contributed by atoms with Crippen molar-refractivity contribution in [3.8, 4) is 0 Å². The molecule has 1 aliphatic carbocycles. The third kappa shape index (κ3) is 4.50. The monoisotopic (exact) mass is 358 g/mol. The quantitative estimate of drug-likeness (QED) is 0.824. The van der Waals surface area contributed by atoms with E-state index in [0.717, 1.165) is 25.0 Å². The van der Waals surface area contributed by atoms with Crippen molar-refractivity contribution in [1.82, 2.24) is 24.9 Å². The van der Waals surface area contributed by atoms with Gasteiger partial charge in [0.15, 0.2) is 0 Å². The molecule has 0 aliphatic heterocycles. The molecule has 0 saturated heterocycles. The van der Waals surface area contributed by atoms with Crippen molar-refractivity contribution in [2.45, 2.75) is 58.0 Å². The molecule has 8 heteroatoms. The zero-order valence-electron chi connectivity index (χ0n) is 15.4. The highest BCUT2D eigenvalue weighted by Crippen LogP contribution is 2.17. The summed E-state index contributed by atoms with van der Waals surface area (Å²) in [4.78, 5) is 24.6. The Morgan fingerprint density at radius 3 is 2.73 bits per heavy atom. The normalized spacial score (nSPS) is 15.0. The summed E-state index contributed by atoms with van der Waals surface area (Å²) in [6.07, 6.45) is 11.3. The molecule has 2 amide bonds. The molecule has 2 aromatic rings. The van der Waals surface area contributed by atoms with Gasteiger partial charge in [0.2, 0.25) is 5.91 Å². The summed E-state index contributed by atoms with van der Waals surface area (Å²) in [6.45, 7) is 2.11. The molecule has 0 unspecified atom stereocenters. The Morgan fingerprint density at radius 1 is 1.23 bits per heavy atom. The minimum absolute atomic E-state index is 0.0625. The number of carbonyl (C=O) groups excluding carboxylic acids is 2. The number of amides is 2. The molecule has 26 heavy (non-hydrogen) atoms. The van der Waals surface area contributed by atoms with Gasteiger partial charge in [-0.05, 0) is 19.3 Å². The molecule has 0 spiro atoms. The number of nitrogens with zero attached hydrogens (tertiary/aromatic N) is 4. The standard InChI is InChI=1S/C18H26N6O2/c1-3-15-16(11-23(2)22-15)21-18(26)13-9-19-24(10-13)12-17(25)20-14-7-5-4-6-8-14/h9-11,14H,3-8,12H2,1-2H3,(H,20,25)(H,21,26).